The van der Waals surface area contributed by atoms with Crippen LogP contribution in [0.3, 0.4) is 0 Å². The van der Waals surface area contributed by atoms with Gasteiger partial charge < -0.3 is 9.84 Å². The van der Waals surface area contributed by atoms with Crippen LogP contribution in [0.5, 0.6) is 11.5 Å². The molecule has 0 unspecified atom stereocenters. The topological polar surface area (TPSA) is 29.5 Å². The molecule has 1 rings (SSSR count). The van der Waals surface area contributed by atoms with Crippen molar-refractivity contribution >= 4 is 23.2 Å². The molecule has 4 heteroatoms. The summed E-state index contributed by atoms with van der Waals surface area (Å²) in [6.45, 7) is 0. The average Bonchev–Trinajstić information content (AvgIpc) is 2.01. The molecule has 2 nitrogen and oxygen atoms in total. The van der Waals surface area contributed by atoms with Crippen LogP contribution in [-0.2, 0) is 0 Å². The van der Waals surface area contributed by atoms with Gasteiger partial charge in [-0.1, -0.05) is 23.2 Å². The fourth-order valence-electron chi connectivity index (χ4n) is 0.687. The van der Waals surface area contributed by atoms with Crippen LogP contribution < -0.4 is 4.74 Å². The van der Waals surface area contributed by atoms with Crippen LogP contribution in [0.2, 0.25) is 10.0 Å². The third kappa shape index (κ3) is 1.52. The Morgan fingerprint density at radius 2 is 2.00 bits per heavy atom. The molecule has 1 aromatic carbocycles. The van der Waals surface area contributed by atoms with Crippen LogP contribution in [-0.4, -0.2) is 12.2 Å². The molecular formula is C7H6Cl2O2. The summed E-state index contributed by atoms with van der Waals surface area (Å²) in [4.78, 5) is 0. The van der Waals surface area contributed by atoms with Crippen molar-refractivity contribution in [2.75, 3.05) is 7.11 Å². The minimum absolute atomic E-state index is 0.117. The summed E-state index contributed by atoms with van der Waals surface area (Å²) in [7, 11) is 1.44. The maximum atomic E-state index is 9.24. The van der Waals surface area contributed by atoms with Crippen molar-refractivity contribution < 1.29 is 9.84 Å². The summed E-state index contributed by atoms with van der Waals surface area (Å²) in [5.74, 6) is 0.195. The Kier molecular flexibility index (Phi) is 2.47. The highest BCUT2D eigenvalue weighted by Crippen LogP contribution is 2.38. The van der Waals surface area contributed by atoms with E-state index in [2.05, 4.69) is 0 Å². The van der Waals surface area contributed by atoms with Gasteiger partial charge in [-0.3, -0.25) is 0 Å². The first-order valence-electron chi connectivity index (χ1n) is 2.87. The van der Waals surface area contributed by atoms with Gasteiger partial charge in [0.25, 0.3) is 0 Å². The maximum Gasteiger partial charge on any atom is 0.178 e. The summed E-state index contributed by atoms with van der Waals surface area (Å²) in [5, 5.41) is 9.66. The van der Waals surface area contributed by atoms with Crippen molar-refractivity contribution in [3.05, 3.63) is 22.2 Å². The number of hydrogen-bond acceptors (Lipinski definition) is 2. The highest BCUT2D eigenvalue weighted by atomic mass is 35.5. The standard InChI is InChI=1S/C7H6Cl2O2/c1-11-5-3-2-4(8)6(9)7(5)10/h2-3,10H,1H3. The van der Waals surface area contributed by atoms with Crippen molar-refractivity contribution in [1.82, 2.24) is 0 Å². The number of rotatable bonds is 1. The Hall–Kier alpha value is -0.600. The molecule has 0 aromatic heterocycles. The molecule has 1 N–H and O–H groups in total. The Morgan fingerprint density at radius 1 is 1.36 bits per heavy atom. The third-order valence-electron chi connectivity index (χ3n) is 1.25. The third-order valence-corrected chi connectivity index (χ3v) is 2.05. The number of aromatic hydroxyl groups is 1. The maximum absolute atomic E-state index is 9.24. The van der Waals surface area contributed by atoms with E-state index < -0.39 is 0 Å². The zero-order valence-electron chi connectivity index (χ0n) is 5.77. The van der Waals surface area contributed by atoms with Crippen molar-refractivity contribution in [1.29, 1.82) is 0 Å². The van der Waals surface area contributed by atoms with Crippen LogP contribution in [0.15, 0.2) is 12.1 Å². The highest BCUT2D eigenvalue weighted by molar-refractivity contribution is 6.43. The van der Waals surface area contributed by atoms with E-state index >= 15 is 0 Å². The fourth-order valence-corrected chi connectivity index (χ4v) is 0.996. The number of halogens is 2. The molecule has 11 heavy (non-hydrogen) atoms. The predicted octanol–water partition coefficient (Wildman–Crippen LogP) is 2.71. The highest BCUT2D eigenvalue weighted by Gasteiger charge is 2.08. The van der Waals surface area contributed by atoms with Gasteiger partial charge in [-0.2, -0.15) is 0 Å². The lowest BCUT2D eigenvalue weighted by atomic mass is 10.3. The van der Waals surface area contributed by atoms with E-state index in [0.29, 0.717) is 10.8 Å². The van der Waals surface area contributed by atoms with E-state index in [9.17, 15) is 5.11 Å². The molecule has 0 fully saturated rings. The van der Waals surface area contributed by atoms with E-state index in [1.807, 2.05) is 0 Å². The van der Waals surface area contributed by atoms with Gasteiger partial charge in [-0.25, -0.2) is 0 Å². The fraction of sp³-hybridized carbons (Fsp3) is 0.143. The lowest BCUT2D eigenvalue weighted by Crippen LogP contribution is -1.83. The summed E-state index contributed by atoms with van der Waals surface area (Å²) in [5.41, 5.74) is 0. The van der Waals surface area contributed by atoms with Crippen LogP contribution in [0.25, 0.3) is 0 Å². The zero-order chi connectivity index (χ0) is 8.43. The van der Waals surface area contributed by atoms with Gasteiger partial charge in [0.1, 0.15) is 5.02 Å². The van der Waals surface area contributed by atoms with Gasteiger partial charge in [-0.15, -0.1) is 0 Å². The van der Waals surface area contributed by atoms with Gasteiger partial charge in [-0.05, 0) is 12.1 Å². The summed E-state index contributed by atoms with van der Waals surface area (Å²) in [6.07, 6.45) is 0. The zero-order valence-corrected chi connectivity index (χ0v) is 7.28. The predicted molar refractivity (Wildman–Crippen MR) is 44.7 cm³/mol. The molecule has 60 valence electrons. The monoisotopic (exact) mass is 192 g/mol. The van der Waals surface area contributed by atoms with Crippen molar-refractivity contribution in [3.63, 3.8) is 0 Å². The summed E-state index contributed by atoms with van der Waals surface area (Å²) in [6, 6.07) is 3.10. The van der Waals surface area contributed by atoms with E-state index in [0.717, 1.165) is 0 Å². The summed E-state index contributed by atoms with van der Waals surface area (Å²) >= 11 is 11.2. The number of benzene rings is 1. The van der Waals surface area contributed by atoms with Gasteiger partial charge >= 0.3 is 0 Å². The van der Waals surface area contributed by atoms with Gasteiger partial charge in [0.15, 0.2) is 11.5 Å². The summed E-state index contributed by atoms with van der Waals surface area (Å²) < 4.78 is 4.79. The molecule has 0 aliphatic rings. The van der Waals surface area contributed by atoms with E-state index in [4.69, 9.17) is 27.9 Å². The van der Waals surface area contributed by atoms with Crippen molar-refractivity contribution in [3.8, 4) is 11.5 Å². The smallest absolute Gasteiger partial charge is 0.178 e. The van der Waals surface area contributed by atoms with Crippen LogP contribution in [0, 0.1) is 0 Å². The minimum atomic E-state index is -0.123. The normalized spacial score (nSPS) is 9.73. The van der Waals surface area contributed by atoms with Crippen molar-refractivity contribution in [2.24, 2.45) is 0 Å². The second-order valence-electron chi connectivity index (χ2n) is 1.91. The van der Waals surface area contributed by atoms with E-state index in [1.54, 1.807) is 12.1 Å². The second-order valence-corrected chi connectivity index (χ2v) is 2.70. The number of phenols is 1. The second kappa shape index (κ2) is 3.20. The van der Waals surface area contributed by atoms with Gasteiger partial charge in [0, 0.05) is 0 Å². The molecule has 0 amide bonds. The molecule has 0 bridgehead atoms. The average molecular weight is 193 g/mol. The Morgan fingerprint density at radius 3 is 2.55 bits per heavy atom. The van der Waals surface area contributed by atoms with Gasteiger partial charge in [0.05, 0.1) is 12.1 Å². The van der Waals surface area contributed by atoms with E-state index in [-0.39, 0.29) is 10.8 Å². The first-order chi connectivity index (χ1) is 5.16. The van der Waals surface area contributed by atoms with Gasteiger partial charge in [0.2, 0.25) is 0 Å². The largest absolute Gasteiger partial charge is 0.503 e. The number of ether oxygens (including phenoxy) is 1. The van der Waals surface area contributed by atoms with Crippen LogP contribution in [0.1, 0.15) is 0 Å². The molecule has 0 atom stereocenters. The van der Waals surface area contributed by atoms with E-state index in [1.165, 1.54) is 7.11 Å². The van der Waals surface area contributed by atoms with Crippen LogP contribution >= 0.6 is 23.2 Å². The molecule has 1 aromatic rings. The Labute approximate surface area is 74.3 Å². The lowest BCUT2D eigenvalue weighted by Gasteiger charge is -2.04. The Balaban J connectivity index is 3.25. The number of hydrogen-bond donors (Lipinski definition) is 1. The molecule has 0 saturated heterocycles. The SMILES string of the molecule is COc1ccc(Cl)c(Cl)c1O. The molecule has 0 saturated carbocycles. The van der Waals surface area contributed by atoms with Crippen LogP contribution in [0.4, 0.5) is 0 Å². The quantitative estimate of drug-likeness (QED) is 0.742. The molecule has 0 radical (unpaired) electrons. The minimum Gasteiger partial charge on any atom is -0.503 e. The molecule has 0 spiro atoms. The first-order valence-corrected chi connectivity index (χ1v) is 3.63. The number of methoxy groups -OCH3 is 1. The first kappa shape index (κ1) is 8.50. The lowest BCUT2D eigenvalue weighted by molar-refractivity contribution is 0.373. The molecule has 0 aliphatic heterocycles. The number of phenolic OH excluding ortho intramolecular Hbond substituents is 1. The molecule has 0 heterocycles. The molecular weight excluding hydrogens is 187 g/mol. The Bertz CT molecular complexity index is 273. The van der Waals surface area contributed by atoms with Crippen molar-refractivity contribution in [2.45, 2.75) is 0 Å². The molecule has 0 aliphatic carbocycles.